The smallest absolute Gasteiger partial charge is 0.0273 e. The second-order valence-electron chi connectivity index (χ2n) is 3.08. The average molecular weight is 128 g/mol. The highest BCUT2D eigenvalue weighted by molar-refractivity contribution is 4.66. The summed E-state index contributed by atoms with van der Waals surface area (Å²) in [5.41, 5.74) is 3.32. The average Bonchev–Trinajstić information content (AvgIpc) is 2.48. The molecule has 1 fully saturated rings. The zero-order valence-electron chi connectivity index (χ0n) is 6.35. The van der Waals surface area contributed by atoms with Gasteiger partial charge in [-0.3, -0.25) is 5.43 Å². The summed E-state index contributed by atoms with van der Waals surface area (Å²) < 4.78 is 0. The molecule has 1 heterocycles. The maximum Gasteiger partial charge on any atom is 0.0273 e. The standard InChI is InChI=1S/C7H16N2/c1-7(2)3-4-8-9-5-6-9/h7-8H,3-6H2,1-2H3. The van der Waals surface area contributed by atoms with E-state index in [9.17, 15) is 0 Å². The molecule has 2 nitrogen and oxygen atoms in total. The van der Waals surface area contributed by atoms with Gasteiger partial charge in [0.25, 0.3) is 0 Å². The van der Waals surface area contributed by atoms with E-state index >= 15 is 0 Å². The van der Waals surface area contributed by atoms with Gasteiger partial charge in [0.15, 0.2) is 0 Å². The van der Waals surface area contributed by atoms with Crippen LogP contribution >= 0.6 is 0 Å². The number of hydrogen-bond acceptors (Lipinski definition) is 2. The van der Waals surface area contributed by atoms with Gasteiger partial charge in [-0.1, -0.05) is 13.8 Å². The van der Waals surface area contributed by atoms with Crippen molar-refractivity contribution in [2.24, 2.45) is 5.92 Å². The van der Waals surface area contributed by atoms with Gasteiger partial charge in [0.2, 0.25) is 0 Å². The maximum atomic E-state index is 3.32. The predicted octanol–water partition coefficient (Wildman–Crippen LogP) is 0.853. The summed E-state index contributed by atoms with van der Waals surface area (Å²) in [7, 11) is 0. The highest BCUT2D eigenvalue weighted by Crippen LogP contribution is 2.00. The van der Waals surface area contributed by atoms with Gasteiger partial charge in [0.05, 0.1) is 0 Å². The van der Waals surface area contributed by atoms with E-state index < -0.39 is 0 Å². The highest BCUT2D eigenvalue weighted by atomic mass is 15.6. The normalized spacial score (nSPS) is 19.0. The van der Waals surface area contributed by atoms with Gasteiger partial charge in [0, 0.05) is 19.6 Å². The van der Waals surface area contributed by atoms with Crippen molar-refractivity contribution >= 4 is 0 Å². The third-order valence-electron chi connectivity index (χ3n) is 1.50. The maximum absolute atomic E-state index is 3.32. The molecule has 0 spiro atoms. The molecule has 0 aromatic carbocycles. The van der Waals surface area contributed by atoms with Gasteiger partial charge in [-0.15, -0.1) is 0 Å². The van der Waals surface area contributed by atoms with Crippen LogP contribution in [0, 0.1) is 5.92 Å². The number of hydrazine groups is 1. The summed E-state index contributed by atoms with van der Waals surface area (Å²) in [4.78, 5) is 0. The molecule has 1 saturated heterocycles. The Bertz CT molecular complexity index is 75.0. The lowest BCUT2D eigenvalue weighted by Crippen LogP contribution is -2.22. The molecule has 1 aliphatic heterocycles. The summed E-state index contributed by atoms with van der Waals surface area (Å²) in [5.74, 6) is 0.831. The summed E-state index contributed by atoms with van der Waals surface area (Å²) in [6.45, 7) is 8.15. The van der Waals surface area contributed by atoms with E-state index in [1.807, 2.05) is 0 Å². The Morgan fingerprint density at radius 3 is 2.56 bits per heavy atom. The lowest BCUT2D eigenvalue weighted by Gasteiger charge is -2.05. The lowest BCUT2D eigenvalue weighted by atomic mass is 10.1. The summed E-state index contributed by atoms with van der Waals surface area (Å²) >= 11 is 0. The Kier molecular flexibility index (Phi) is 2.49. The first-order chi connectivity index (χ1) is 4.29. The zero-order valence-corrected chi connectivity index (χ0v) is 6.35. The van der Waals surface area contributed by atoms with Crippen LogP contribution in [0.15, 0.2) is 0 Å². The van der Waals surface area contributed by atoms with Crippen LogP contribution in [0.1, 0.15) is 20.3 Å². The second-order valence-corrected chi connectivity index (χ2v) is 3.08. The van der Waals surface area contributed by atoms with Crippen molar-refractivity contribution < 1.29 is 0 Å². The van der Waals surface area contributed by atoms with E-state index in [2.05, 4.69) is 24.3 Å². The third-order valence-corrected chi connectivity index (χ3v) is 1.50. The fourth-order valence-electron chi connectivity index (χ4n) is 0.719. The number of nitrogens with zero attached hydrogens (tertiary/aromatic N) is 1. The van der Waals surface area contributed by atoms with Gasteiger partial charge in [-0.05, 0) is 12.3 Å². The monoisotopic (exact) mass is 128 g/mol. The summed E-state index contributed by atoms with van der Waals surface area (Å²) in [6.07, 6.45) is 1.29. The van der Waals surface area contributed by atoms with Gasteiger partial charge in [-0.25, -0.2) is 5.01 Å². The number of rotatable bonds is 4. The minimum absolute atomic E-state index is 0.831. The Morgan fingerprint density at radius 2 is 2.11 bits per heavy atom. The molecule has 1 aliphatic rings. The van der Waals surface area contributed by atoms with Crippen LogP contribution in [0.5, 0.6) is 0 Å². The molecule has 0 aromatic heterocycles. The topological polar surface area (TPSA) is 15.0 Å². The van der Waals surface area contributed by atoms with Crippen LogP contribution in [0.2, 0.25) is 0 Å². The Balaban J connectivity index is 1.81. The number of hydrogen-bond donors (Lipinski definition) is 1. The molecular formula is C7H16N2. The second kappa shape index (κ2) is 3.18. The quantitative estimate of drug-likeness (QED) is 0.565. The molecule has 54 valence electrons. The van der Waals surface area contributed by atoms with Crippen molar-refractivity contribution in [3.63, 3.8) is 0 Å². The van der Waals surface area contributed by atoms with E-state index in [1.165, 1.54) is 19.5 Å². The fraction of sp³-hybridized carbons (Fsp3) is 1.00. The molecule has 0 radical (unpaired) electrons. The van der Waals surface area contributed by atoms with E-state index in [-0.39, 0.29) is 0 Å². The molecule has 0 aliphatic carbocycles. The molecule has 2 heteroatoms. The van der Waals surface area contributed by atoms with Crippen LogP contribution in [0.4, 0.5) is 0 Å². The molecule has 0 aromatic rings. The fourth-order valence-corrected chi connectivity index (χ4v) is 0.719. The summed E-state index contributed by atoms with van der Waals surface area (Å²) in [6, 6.07) is 0. The molecule has 0 atom stereocenters. The molecule has 9 heavy (non-hydrogen) atoms. The number of nitrogens with one attached hydrogen (secondary N) is 1. The van der Waals surface area contributed by atoms with Gasteiger partial charge in [-0.2, -0.15) is 0 Å². The van der Waals surface area contributed by atoms with Crippen LogP contribution in [-0.2, 0) is 0 Å². The van der Waals surface area contributed by atoms with Gasteiger partial charge in [0.1, 0.15) is 0 Å². The molecular weight excluding hydrogens is 112 g/mol. The van der Waals surface area contributed by atoms with Crippen molar-refractivity contribution in [3.8, 4) is 0 Å². The minimum atomic E-state index is 0.831. The van der Waals surface area contributed by atoms with Crippen LogP contribution in [0.25, 0.3) is 0 Å². The molecule has 1 N–H and O–H groups in total. The van der Waals surface area contributed by atoms with Crippen LogP contribution in [0.3, 0.4) is 0 Å². The minimum Gasteiger partial charge on any atom is -0.255 e. The molecule has 1 rings (SSSR count). The van der Waals surface area contributed by atoms with Crippen molar-refractivity contribution in [1.29, 1.82) is 0 Å². The van der Waals surface area contributed by atoms with Gasteiger partial charge >= 0.3 is 0 Å². The first-order valence-corrected chi connectivity index (χ1v) is 3.77. The van der Waals surface area contributed by atoms with Gasteiger partial charge < -0.3 is 0 Å². The van der Waals surface area contributed by atoms with Crippen molar-refractivity contribution in [2.75, 3.05) is 19.6 Å². The summed E-state index contributed by atoms with van der Waals surface area (Å²) in [5, 5.41) is 2.24. The van der Waals surface area contributed by atoms with E-state index in [1.54, 1.807) is 0 Å². The van der Waals surface area contributed by atoms with Crippen molar-refractivity contribution in [2.45, 2.75) is 20.3 Å². The Morgan fingerprint density at radius 1 is 1.44 bits per heavy atom. The van der Waals surface area contributed by atoms with Crippen LogP contribution in [-0.4, -0.2) is 24.6 Å². The lowest BCUT2D eigenvalue weighted by molar-refractivity contribution is 0.380. The van der Waals surface area contributed by atoms with Crippen molar-refractivity contribution in [1.82, 2.24) is 10.4 Å². The molecule has 0 amide bonds. The molecule has 0 saturated carbocycles. The predicted molar refractivity (Wildman–Crippen MR) is 39.0 cm³/mol. The first-order valence-electron chi connectivity index (χ1n) is 3.77. The molecule has 0 bridgehead atoms. The first kappa shape index (κ1) is 7.03. The Labute approximate surface area is 57.2 Å². The van der Waals surface area contributed by atoms with Crippen LogP contribution < -0.4 is 5.43 Å². The third kappa shape index (κ3) is 3.49. The largest absolute Gasteiger partial charge is 0.255 e. The van der Waals surface area contributed by atoms with E-state index in [4.69, 9.17) is 0 Å². The molecule has 0 unspecified atom stereocenters. The van der Waals surface area contributed by atoms with Crippen molar-refractivity contribution in [3.05, 3.63) is 0 Å². The SMILES string of the molecule is CC(C)CCNN1CC1. The Hall–Kier alpha value is -0.0800. The highest BCUT2D eigenvalue weighted by Gasteiger charge is 2.15. The van der Waals surface area contributed by atoms with E-state index in [0.717, 1.165) is 12.5 Å². The van der Waals surface area contributed by atoms with E-state index in [0.29, 0.717) is 0 Å². The zero-order chi connectivity index (χ0) is 6.69.